The first kappa shape index (κ1) is 21.3. The molecule has 0 bridgehead atoms. The lowest BCUT2D eigenvalue weighted by Gasteiger charge is -2.22. The third-order valence-electron chi connectivity index (χ3n) is 4.89. The molecule has 158 valence electrons. The molecule has 7 nitrogen and oxygen atoms in total. The summed E-state index contributed by atoms with van der Waals surface area (Å²) in [7, 11) is 0. The number of oxazole rings is 1. The zero-order valence-electron chi connectivity index (χ0n) is 17.7. The van der Waals surface area contributed by atoms with Crippen LogP contribution in [-0.4, -0.2) is 36.8 Å². The summed E-state index contributed by atoms with van der Waals surface area (Å²) >= 11 is 0. The molecule has 1 fully saturated rings. The van der Waals surface area contributed by atoms with Gasteiger partial charge in [-0.3, -0.25) is 0 Å². The largest absolute Gasteiger partial charge is 0.444 e. The fraction of sp³-hybridized carbons (Fsp3) is 0.545. The van der Waals surface area contributed by atoms with Gasteiger partial charge in [0.05, 0.1) is 31.5 Å². The Morgan fingerprint density at radius 3 is 2.72 bits per heavy atom. The van der Waals surface area contributed by atoms with Crippen LogP contribution in [0.4, 0.5) is 0 Å². The topological polar surface area (TPSA) is 80.9 Å². The standard InChI is InChI=1S/C22H32N4O3/c1-4-23-22(25-14-21-26-16(2)17(3)29-21)24-13-18-6-5-7-19(12-18)15-28-20-8-10-27-11-9-20/h5-7,12,20H,4,8-11,13-15H2,1-3H3,(H2,23,24,25). The molecule has 0 radical (unpaired) electrons. The van der Waals surface area contributed by atoms with Gasteiger partial charge in [0.25, 0.3) is 0 Å². The maximum Gasteiger partial charge on any atom is 0.214 e. The quantitative estimate of drug-likeness (QED) is 0.523. The lowest BCUT2D eigenvalue weighted by atomic mass is 10.1. The van der Waals surface area contributed by atoms with Crippen molar-refractivity contribution in [3.05, 3.63) is 52.7 Å². The van der Waals surface area contributed by atoms with E-state index in [0.29, 0.717) is 31.7 Å². The van der Waals surface area contributed by atoms with E-state index in [1.54, 1.807) is 0 Å². The summed E-state index contributed by atoms with van der Waals surface area (Å²) in [6.07, 6.45) is 2.26. The van der Waals surface area contributed by atoms with E-state index in [9.17, 15) is 0 Å². The molecule has 2 N–H and O–H groups in total. The molecule has 0 spiro atoms. The van der Waals surface area contributed by atoms with Gasteiger partial charge in [-0.05, 0) is 44.7 Å². The Kier molecular flexibility index (Phi) is 8.07. The Labute approximate surface area is 172 Å². The second kappa shape index (κ2) is 11.0. The van der Waals surface area contributed by atoms with Crippen molar-refractivity contribution in [2.75, 3.05) is 19.8 Å². The number of rotatable bonds is 8. The zero-order chi connectivity index (χ0) is 20.5. The van der Waals surface area contributed by atoms with Gasteiger partial charge in [0.1, 0.15) is 5.76 Å². The molecule has 0 unspecified atom stereocenters. The van der Waals surface area contributed by atoms with E-state index in [4.69, 9.17) is 13.9 Å². The molecule has 1 saturated heterocycles. The van der Waals surface area contributed by atoms with Crippen molar-refractivity contribution in [2.24, 2.45) is 4.99 Å². The molecule has 0 amide bonds. The Bertz CT molecular complexity index is 778. The first-order valence-corrected chi connectivity index (χ1v) is 10.4. The van der Waals surface area contributed by atoms with Gasteiger partial charge in [-0.25, -0.2) is 9.98 Å². The molecule has 1 aromatic carbocycles. The highest BCUT2D eigenvalue weighted by molar-refractivity contribution is 5.79. The summed E-state index contributed by atoms with van der Waals surface area (Å²) in [5.41, 5.74) is 3.24. The number of benzene rings is 1. The fourth-order valence-corrected chi connectivity index (χ4v) is 3.16. The number of hydrogen-bond acceptors (Lipinski definition) is 5. The van der Waals surface area contributed by atoms with Gasteiger partial charge in [0.15, 0.2) is 5.96 Å². The number of nitrogens with one attached hydrogen (secondary N) is 2. The van der Waals surface area contributed by atoms with Crippen LogP contribution in [0, 0.1) is 13.8 Å². The van der Waals surface area contributed by atoms with Crippen LogP contribution in [0.2, 0.25) is 0 Å². The van der Waals surface area contributed by atoms with Crippen LogP contribution in [0.3, 0.4) is 0 Å². The zero-order valence-corrected chi connectivity index (χ0v) is 17.7. The molecule has 2 heterocycles. The smallest absolute Gasteiger partial charge is 0.214 e. The number of aromatic nitrogens is 1. The summed E-state index contributed by atoms with van der Waals surface area (Å²) in [6.45, 7) is 10.0. The Morgan fingerprint density at radius 1 is 1.21 bits per heavy atom. The SMILES string of the molecule is CCNC(=NCc1cccc(COC2CCOCC2)c1)NCc1nc(C)c(C)o1. The number of nitrogens with zero attached hydrogens (tertiary/aromatic N) is 2. The van der Waals surface area contributed by atoms with Gasteiger partial charge >= 0.3 is 0 Å². The second-order valence-electron chi connectivity index (χ2n) is 7.24. The lowest BCUT2D eigenvalue weighted by molar-refractivity contribution is -0.0390. The van der Waals surface area contributed by atoms with E-state index < -0.39 is 0 Å². The molecule has 1 aliphatic rings. The molecule has 7 heteroatoms. The average Bonchev–Trinajstić information content (AvgIpc) is 3.07. The fourth-order valence-electron chi connectivity index (χ4n) is 3.16. The van der Waals surface area contributed by atoms with E-state index in [0.717, 1.165) is 55.6 Å². The van der Waals surface area contributed by atoms with E-state index in [1.807, 2.05) is 20.8 Å². The second-order valence-corrected chi connectivity index (χ2v) is 7.24. The number of hydrogen-bond donors (Lipinski definition) is 2. The third kappa shape index (κ3) is 6.87. The minimum absolute atomic E-state index is 0.303. The first-order chi connectivity index (χ1) is 14.1. The van der Waals surface area contributed by atoms with Crippen LogP contribution in [0.25, 0.3) is 0 Å². The minimum atomic E-state index is 0.303. The Hall–Kier alpha value is -2.38. The maximum atomic E-state index is 6.03. The molecule has 3 rings (SSSR count). The Morgan fingerprint density at radius 2 is 2.00 bits per heavy atom. The van der Waals surface area contributed by atoms with Gasteiger partial charge in [-0.15, -0.1) is 0 Å². The van der Waals surface area contributed by atoms with Gasteiger partial charge in [0.2, 0.25) is 5.89 Å². The lowest BCUT2D eigenvalue weighted by Crippen LogP contribution is -2.36. The summed E-state index contributed by atoms with van der Waals surface area (Å²) in [5, 5.41) is 6.54. The van der Waals surface area contributed by atoms with Gasteiger partial charge in [0, 0.05) is 19.8 Å². The number of aliphatic imine (C=N–C) groups is 1. The van der Waals surface area contributed by atoms with Crippen LogP contribution in [0.5, 0.6) is 0 Å². The van der Waals surface area contributed by atoms with Crippen molar-refractivity contribution in [3.8, 4) is 0 Å². The molecular weight excluding hydrogens is 368 g/mol. The molecule has 0 atom stereocenters. The minimum Gasteiger partial charge on any atom is -0.444 e. The molecule has 29 heavy (non-hydrogen) atoms. The molecule has 0 saturated carbocycles. The van der Waals surface area contributed by atoms with Gasteiger partial charge < -0.3 is 24.5 Å². The van der Waals surface area contributed by atoms with E-state index in [1.165, 1.54) is 5.56 Å². The highest BCUT2D eigenvalue weighted by atomic mass is 16.5. The van der Waals surface area contributed by atoms with Crippen LogP contribution >= 0.6 is 0 Å². The van der Waals surface area contributed by atoms with Crippen molar-refractivity contribution < 1.29 is 13.9 Å². The van der Waals surface area contributed by atoms with E-state index >= 15 is 0 Å². The van der Waals surface area contributed by atoms with Crippen LogP contribution in [0.1, 0.15) is 48.2 Å². The highest BCUT2D eigenvalue weighted by Crippen LogP contribution is 2.14. The Balaban J connectivity index is 1.53. The van der Waals surface area contributed by atoms with Crippen molar-refractivity contribution in [1.29, 1.82) is 0 Å². The molecule has 2 aromatic rings. The molecule has 1 aliphatic heterocycles. The summed E-state index contributed by atoms with van der Waals surface area (Å²) < 4.78 is 17.0. The van der Waals surface area contributed by atoms with E-state index in [-0.39, 0.29) is 0 Å². The van der Waals surface area contributed by atoms with Crippen molar-refractivity contribution >= 4 is 5.96 Å². The van der Waals surface area contributed by atoms with Gasteiger partial charge in [-0.1, -0.05) is 24.3 Å². The van der Waals surface area contributed by atoms with Crippen LogP contribution in [-0.2, 0) is 29.2 Å². The van der Waals surface area contributed by atoms with Gasteiger partial charge in [-0.2, -0.15) is 0 Å². The normalized spacial score (nSPS) is 15.5. The van der Waals surface area contributed by atoms with Crippen LogP contribution < -0.4 is 10.6 Å². The molecule has 0 aliphatic carbocycles. The third-order valence-corrected chi connectivity index (χ3v) is 4.89. The maximum absolute atomic E-state index is 6.03. The van der Waals surface area contributed by atoms with E-state index in [2.05, 4.69) is 44.9 Å². The monoisotopic (exact) mass is 400 g/mol. The average molecular weight is 401 g/mol. The molecular formula is C22H32N4O3. The predicted octanol–water partition coefficient (Wildman–Crippen LogP) is 3.24. The number of guanidine groups is 1. The highest BCUT2D eigenvalue weighted by Gasteiger charge is 2.14. The van der Waals surface area contributed by atoms with Crippen molar-refractivity contribution in [1.82, 2.24) is 15.6 Å². The first-order valence-electron chi connectivity index (χ1n) is 10.4. The summed E-state index contributed by atoms with van der Waals surface area (Å²) in [6, 6.07) is 8.41. The summed E-state index contributed by atoms with van der Waals surface area (Å²) in [4.78, 5) is 9.08. The summed E-state index contributed by atoms with van der Waals surface area (Å²) in [5.74, 6) is 2.26. The number of ether oxygens (including phenoxy) is 2. The molecule has 1 aromatic heterocycles. The van der Waals surface area contributed by atoms with Crippen molar-refractivity contribution in [2.45, 2.75) is 59.4 Å². The predicted molar refractivity (Wildman–Crippen MR) is 113 cm³/mol. The number of aryl methyl sites for hydroxylation is 2. The van der Waals surface area contributed by atoms with Crippen molar-refractivity contribution in [3.63, 3.8) is 0 Å². The van der Waals surface area contributed by atoms with Crippen LogP contribution in [0.15, 0.2) is 33.7 Å².